The van der Waals surface area contributed by atoms with Gasteiger partial charge in [-0.15, -0.1) is 11.8 Å². The lowest BCUT2D eigenvalue weighted by Gasteiger charge is -2.35. The summed E-state index contributed by atoms with van der Waals surface area (Å²) >= 11 is 1.65. The molecule has 1 saturated heterocycles. The van der Waals surface area contributed by atoms with E-state index in [-0.39, 0.29) is 41.7 Å². The maximum Gasteiger partial charge on any atom is 0.227 e. The van der Waals surface area contributed by atoms with Crippen LogP contribution in [0.4, 0.5) is 0 Å². The van der Waals surface area contributed by atoms with E-state index in [4.69, 9.17) is 0 Å². The minimum atomic E-state index is -0.361. The lowest BCUT2D eigenvalue weighted by Crippen LogP contribution is -2.59. The number of carbonyl (C=O) groups excluding carboxylic acids is 2. The molecule has 160 valence electrons. The summed E-state index contributed by atoms with van der Waals surface area (Å²) in [6.45, 7) is 3.99. The Morgan fingerprint density at radius 3 is 2.33 bits per heavy atom. The molecule has 5 nitrogen and oxygen atoms in total. The van der Waals surface area contributed by atoms with Crippen molar-refractivity contribution in [3.05, 3.63) is 71.8 Å². The van der Waals surface area contributed by atoms with Crippen LogP contribution in [0.1, 0.15) is 37.8 Å². The van der Waals surface area contributed by atoms with Crippen molar-refractivity contribution in [1.29, 1.82) is 0 Å². The average molecular weight is 426 g/mol. The minimum Gasteiger partial charge on any atom is -0.354 e. The lowest BCUT2D eigenvalue weighted by molar-refractivity contribution is -0.133. The van der Waals surface area contributed by atoms with Crippen LogP contribution in [-0.4, -0.2) is 29.4 Å². The fourth-order valence-corrected chi connectivity index (χ4v) is 4.67. The highest BCUT2D eigenvalue weighted by molar-refractivity contribution is 7.99. The Hall–Kier alpha value is -2.31. The van der Waals surface area contributed by atoms with E-state index in [0.717, 1.165) is 18.6 Å². The zero-order chi connectivity index (χ0) is 21.3. The van der Waals surface area contributed by atoms with Crippen molar-refractivity contribution in [1.82, 2.24) is 16.0 Å². The fourth-order valence-electron chi connectivity index (χ4n) is 3.61. The number of benzene rings is 2. The smallest absolute Gasteiger partial charge is 0.227 e. The van der Waals surface area contributed by atoms with Gasteiger partial charge in [0.25, 0.3) is 0 Å². The quantitative estimate of drug-likeness (QED) is 0.576. The molecule has 3 N–H and O–H groups in total. The van der Waals surface area contributed by atoms with Crippen molar-refractivity contribution in [2.75, 3.05) is 0 Å². The van der Waals surface area contributed by atoms with Crippen LogP contribution in [0.2, 0.25) is 0 Å². The predicted molar refractivity (Wildman–Crippen MR) is 123 cm³/mol. The molecule has 2 aromatic carbocycles. The standard InChI is InChI=1S/C24H31N3O2S/c1-17(13-14-19-9-5-3-6-10-19)25-22(28)15-21-18(2)26-24(27-23(21)29)30-16-20-11-7-4-8-12-20/h3-12,17-18,21,24,26H,13-16H2,1-2H3,(H,25,28)(H,27,29). The molecule has 1 fully saturated rings. The molecule has 0 saturated carbocycles. The summed E-state index contributed by atoms with van der Waals surface area (Å²) in [5, 5.41) is 9.47. The van der Waals surface area contributed by atoms with E-state index in [9.17, 15) is 9.59 Å². The van der Waals surface area contributed by atoms with Gasteiger partial charge in [-0.2, -0.15) is 0 Å². The van der Waals surface area contributed by atoms with E-state index in [0.29, 0.717) is 0 Å². The number of carbonyl (C=O) groups is 2. The van der Waals surface area contributed by atoms with E-state index in [1.54, 1.807) is 11.8 Å². The molecule has 4 unspecified atom stereocenters. The Labute approximate surface area is 183 Å². The molecule has 1 heterocycles. The molecule has 0 bridgehead atoms. The second kappa shape index (κ2) is 11.2. The van der Waals surface area contributed by atoms with E-state index < -0.39 is 0 Å². The van der Waals surface area contributed by atoms with Crippen molar-refractivity contribution in [2.45, 2.75) is 56.4 Å². The Kier molecular flexibility index (Phi) is 8.34. The minimum absolute atomic E-state index is 0.0566. The zero-order valence-electron chi connectivity index (χ0n) is 17.6. The number of thioether (sulfide) groups is 1. The number of amides is 2. The van der Waals surface area contributed by atoms with E-state index in [1.807, 2.05) is 50.2 Å². The van der Waals surface area contributed by atoms with Crippen LogP contribution in [0.15, 0.2) is 60.7 Å². The van der Waals surface area contributed by atoms with Gasteiger partial charge in [0, 0.05) is 24.3 Å². The van der Waals surface area contributed by atoms with Crippen LogP contribution in [-0.2, 0) is 21.8 Å². The fraction of sp³-hybridized carbons (Fsp3) is 0.417. The number of hydrogen-bond acceptors (Lipinski definition) is 4. The third-order valence-corrected chi connectivity index (χ3v) is 6.50. The summed E-state index contributed by atoms with van der Waals surface area (Å²) in [7, 11) is 0. The third-order valence-electron chi connectivity index (χ3n) is 5.41. The molecule has 4 atom stereocenters. The molecule has 2 amide bonds. The maximum atomic E-state index is 12.6. The number of nitrogens with one attached hydrogen (secondary N) is 3. The van der Waals surface area contributed by atoms with Crippen molar-refractivity contribution in [3.63, 3.8) is 0 Å². The van der Waals surface area contributed by atoms with Gasteiger partial charge in [-0.3, -0.25) is 14.9 Å². The molecule has 1 aliphatic rings. The summed E-state index contributed by atoms with van der Waals surface area (Å²) in [5.74, 6) is 0.328. The zero-order valence-corrected chi connectivity index (χ0v) is 18.5. The highest BCUT2D eigenvalue weighted by atomic mass is 32.2. The molecule has 2 aromatic rings. The number of aryl methyl sites for hydroxylation is 1. The molecular formula is C24H31N3O2S. The van der Waals surface area contributed by atoms with Crippen LogP contribution >= 0.6 is 11.8 Å². The molecule has 0 radical (unpaired) electrons. The van der Waals surface area contributed by atoms with Crippen LogP contribution < -0.4 is 16.0 Å². The van der Waals surface area contributed by atoms with Gasteiger partial charge in [-0.25, -0.2) is 0 Å². The van der Waals surface area contributed by atoms with Crippen molar-refractivity contribution < 1.29 is 9.59 Å². The average Bonchev–Trinajstić information content (AvgIpc) is 2.75. The third kappa shape index (κ3) is 6.89. The summed E-state index contributed by atoms with van der Waals surface area (Å²) in [5.41, 5.74) is 2.34. The number of hydrogen-bond donors (Lipinski definition) is 3. The topological polar surface area (TPSA) is 70.2 Å². The Bertz CT molecular complexity index is 816. The van der Waals surface area contributed by atoms with Gasteiger partial charge in [0.05, 0.1) is 5.92 Å². The van der Waals surface area contributed by atoms with Crippen LogP contribution in [0.5, 0.6) is 0 Å². The van der Waals surface area contributed by atoms with Gasteiger partial charge in [0.2, 0.25) is 11.8 Å². The normalized spacial score (nSPS) is 22.2. The van der Waals surface area contributed by atoms with Crippen LogP contribution in [0.3, 0.4) is 0 Å². The Morgan fingerprint density at radius 1 is 1.07 bits per heavy atom. The molecule has 0 aliphatic carbocycles. The van der Waals surface area contributed by atoms with Gasteiger partial charge in [-0.1, -0.05) is 60.7 Å². The van der Waals surface area contributed by atoms with E-state index in [2.05, 4.69) is 40.2 Å². The Balaban J connectivity index is 1.41. The largest absolute Gasteiger partial charge is 0.354 e. The van der Waals surface area contributed by atoms with E-state index in [1.165, 1.54) is 11.1 Å². The molecule has 1 aliphatic heterocycles. The second-order valence-electron chi connectivity index (χ2n) is 7.94. The monoisotopic (exact) mass is 425 g/mol. The SMILES string of the molecule is CC(CCc1ccccc1)NC(=O)CC1C(=O)NC(SCc2ccccc2)NC1C. The highest BCUT2D eigenvalue weighted by Crippen LogP contribution is 2.22. The van der Waals surface area contributed by atoms with Gasteiger partial charge in [0.15, 0.2) is 0 Å². The summed E-state index contributed by atoms with van der Waals surface area (Å²) < 4.78 is 0. The van der Waals surface area contributed by atoms with Gasteiger partial charge in [-0.05, 0) is 37.8 Å². The van der Waals surface area contributed by atoms with Crippen LogP contribution in [0, 0.1) is 5.92 Å². The van der Waals surface area contributed by atoms with Gasteiger partial charge < -0.3 is 10.6 Å². The summed E-state index contributed by atoms with van der Waals surface area (Å²) in [4.78, 5) is 25.1. The first-order valence-corrected chi connectivity index (χ1v) is 11.6. The van der Waals surface area contributed by atoms with Gasteiger partial charge >= 0.3 is 0 Å². The molecular weight excluding hydrogens is 394 g/mol. The number of rotatable bonds is 9. The predicted octanol–water partition coefficient (Wildman–Crippen LogP) is 3.46. The molecule has 0 aromatic heterocycles. The highest BCUT2D eigenvalue weighted by Gasteiger charge is 2.35. The van der Waals surface area contributed by atoms with Crippen molar-refractivity contribution in [2.24, 2.45) is 5.92 Å². The van der Waals surface area contributed by atoms with Crippen molar-refractivity contribution >= 4 is 23.6 Å². The second-order valence-corrected chi connectivity index (χ2v) is 9.04. The van der Waals surface area contributed by atoms with Crippen molar-refractivity contribution in [3.8, 4) is 0 Å². The summed E-state index contributed by atoms with van der Waals surface area (Å²) in [6.07, 6.45) is 1.99. The molecule has 0 spiro atoms. The first-order chi connectivity index (χ1) is 14.5. The first kappa shape index (κ1) is 22.4. The summed E-state index contributed by atoms with van der Waals surface area (Å²) in [6, 6.07) is 20.4. The molecule has 3 rings (SSSR count). The first-order valence-electron chi connectivity index (χ1n) is 10.6. The molecule has 6 heteroatoms. The van der Waals surface area contributed by atoms with E-state index >= 15 is 0 Å². The Morgan fingerprint density at radius 2 is 1.70 bits per heavy atom. The lowest BCUT2D eigenvalue weighted by atomic mass is 9.94. The maximum absolute atomic E-state index is 12.6. The van der Waals surface area contributed by atoms with Crippen LogP contribution in [0.25, 0.3) is 0 Å². The molecule has 30 heavy (non-hydrogen) atoms. The van der Waals surface area contributed by atoms with Gasteiger partial charge in [0.1, 0.15) is 5.50 Å².